The highest BCUT2D eigenvalue weighted by molar-refractivity contribution is 5.27. The summed E-state index contributed by atoms with van der Waals surface area (Å²) in [6.45, 7) is 8.94. The van der Waals surface area contributed by atoms with E-state index in [9.17, 15) is 0 Å². The molecule has 0 heterocycles. The fourth-order valence-corrected chi connectivity index (χ4v) is 1.28. The van der Waals surface area contributed by atoms with Crippen molar-refractivity contribution >= 4 is 0 Å². The van der Waals surface area contributed by atoms with Crippen LogP contribution in [0.3, 0.4) is 0 Å². The summed E-state index contributed by atoms with van der Waals surface area (Å²) in [6.07, 6.45) is 0. The molecule has 0 aliphatic carbocycles. The average molecular weight is 228 g/mol. The lowest BCUT2D eigenvalue weighted by Gasteiger charge is -2.09. The first-order chi connectivity index (χ1) is 7.61. The first-order valence-electron chi connectivity index (χ1n) is 5.07. The summed E-state index contributed by atoms with van der Waals surface area (Å²) in [5.41, 5.74) is 2.89. The van der Waals surface area contributed by atoms with Crippen LogP contribution in [0.5, 0.6) is 0 Å². The van der Waals surface area contributed by atoms with Gasteiger partial charge in [-0.05, 0) is 23.0 Å². The smallest absolute Gasteiger partial charge is 0.0219 e. The van der Waals surface area contributed by atoms with E-state index in [0.717, 1.165) is 0 Å². The summed E-state index contributed by atoms with van der Waals surface area (Å²) in [5.74, 6) is 1.28. The van der Waals surface area contributed by atoms with E-state index in [-0.39, 0.29) is 0 Å². The van der Waals surface area contributed by atoms with Crippen LogP contribution in [0.2, 0.25) is 0 Å². The van der Waals surface area contributed by atoms with Gasteiger partial charge in [-0.1, -0.05) is 52.0 Å². The van der Waals surface area contributed by atoms with Gasteiger partial charge in [-0.3, -0.25) is 0 Å². The molecule has 0 radical (unpaired) electrons. The normalized spacial score (nSPS) is 9.12. The molecule has 94 valence electrons. The van der Waals surface area contributed by atoms with Crippen molar-refractivity contribution in [2.75, 3.05) is 0 Å². The molecule has 2 N–H and O–H groups in total. The summed E-state index contributed by atoms with van der Waals surface area (Å²) >= 11 is 0. The molecule has 0 aromatic heterocycles. The van der Waals surface area contributed by atoms with Gasteiger partial charge in [-0.25, -0.2) is 0 Å². The Morgan fingerprint density at radius 1 is 0.812 bits per heavy atom. The van der Waals surface area contributed by atoms with Crippen molar-refractivity contribution in [1.82, 2.24) is 0 Å². The van der Waals surface area contributed by atoms with Crippen LogP contribution in [0.25, 0.3) is 0 Å². The van der Waals surface area contributed by atoms with Gasteiger partial charge >= 0.3 is 0 Å². The largest absolute Gasteiger partial charge is 0.727 e. The van der Waals surface area contributed by atoms with Gasteiger partial charge in [-0.15, -0.1) is 0 Å². The first-order valence-corrected chi connectivity index (χ1v) is 5.07. The number of hydrogen-bond acceptors (Lipinski definition) is 4. The topological polar surface area (TPSA) is 86.6 Å². The molecule has 4 nitrogen and oxygen atoms in total. The lowest BCUT2D eigenvalue weighted by Crippen LogP contribution is -1.91. The molecule has 0 aliphatic rings. The first kappa shape index (κ1) is 17.5. The minimum atomic E-state index is 0.642. The Labute approximate surface area is 96.7 Å². The zero-order chi connectivity index (χ0) is 13.1. The highest BCUT2D eigenvalue weighted by atomic mass is 17.0. The van der Waals surface area contributed by atoms with Crippen LogP contribution in [0.15, 0.2) is 24.3 Å². The number of rotatable bonds is 2. The summed E-state index contributed by atoms with van der Waals surface area (Å²) in [6, 6.07) is 8.88. The highest BCUT2D eigenvalue weighted by Crippen LogP contribution is 2.20. The molecular weight excluding hydrogens is 208 g/mol. The fourth-order valence-electron chi connectivity index (χ4n) is 1.28. The van der Waals surface area contributed by atoms with Crippen LogP contribution in [-0.4, -0.2) is 10.5 Å². The van der Waals surface area contributed by atoms with E-state index in [1.165, 1.54) is 11.1 Å². The Morgan fingerprint density at radius 2 is 1.12 bits per heavy atom. The van der Waals surface area contributed by atoms with Crippen LogP contribution in [0.1, 0.15) is 50.7 Å². The molecule has 1 aromatic rings. The lowest BCUT2D eigenvalue weighted by molar-refractivity contribution is -0.670. The second-order valence-electron chi connectivity index (χ2n) is 3.98. The Balaban J connectivity index is 0. The maximum atomic E-state index is 7.25. The van der Waals surface area contributed by atoms with Crippen LogP contribution in [0.4, 0.5) is 0 Å². The summed E-state index contributed by atoms with van der Waals surface area (Å²) in [7, 11) is 0. The van der Waals surface area contributed by atoms with Crippen molar-refractivity contribution in [1.29, 1.82) is 0 Å². The predicted octanol–water partition coefficient (Wildman–Crippen LogP) is 1.57. The van der Waals surface area contributed by atoms with E-state index in [0.29, 0.717) is 11.8 Å². The molecule has 0 unspecified atom stereocenters. The monoisotopic (exact) mass is 228 g/mol. The van der Waals surface area contributed by atoms with E-state index in [2.05, 4.69) is 52.0 Å². The van der Waals surface area contributed by atoms with Gasteiger partial charge in [0.1, 0.15) is 0 Å². The van der Waals surface area contributed by atoms with Gasteiger partial charge in [0.25, 0.3) is 0 Å². The van der Waals surface area contributed by atoms with Crippen molar-refractivity contribution in [2.45, 2.75) is 39.5 Å². The van der Waals surface area contributed by atoms with Crippen LogP contribution < -0.4 is 10.5 Å². The third kappa shape index (κ3) is 6.53. The zero-order valence-corrected chi connectivity index (χ0v) is 10.2. The zero-order valence-electron chi connectivity index (χ0n) is 10.2. The Hall–Kier alpha value is -0.940. The van der Waals surface area contributed by atoms with Crippen LogP contribution in [0, 0.1) is 0 Å². The highest BCUT2D eigenvalue weighted by Gasteiger charge is 2.02. The lowest BCUT2D eigenvalue weighted by atomic mass is 9.96. The molecule has 0 fully saturated rings. The molecule has 0 amide bonds. The standard InChI is InChI=1S/C12H18.2H2O2/c1-9(2)11-6-5-7-12(8-11)10(3)4;2*1-2/h5-10H,1-4H3;2*1-2H/p-2. The molecule has 1 rings (SSSR count). The second-order valence-corrected chi connectivity index (χ2v) is 3.98. The third-order valence-electron chi connectivity index (χ3n) is 2.24. The molecular formula is C12H20O4-2. The summed E-state index contributed by atoms with van der Waals surface area (Å²) in [4.78, 5) is 0. The molecule has 4 heteroatoms. The summed E-state index contributed by atoms with van der Waals surface area (Å²) < 4.78 is 0. The van der Waals surface area contributed by atoms with Crippen LogP contribution in [-0.2, 0) is 0 Å². The maximum Gasteiger partial charge on any atom is -0.0219 e. The molecule has 16 heavy (non-hydrogen) atoms. The van der Waals surface area contributed by atoms with Gasteiger partial charge in [-0.2, -0.15) is 0 Å². The number of benzene rings is 1. The van der Waals surface area contributed by atoms with Crippen molar-refractivity contribution in [3.05, 3.63) is 35.4 Å². The van der Waals surface area contributed by atoms with Gasteiger partial charge in [0.15, 0.2) is 0 Å². The van der Waals surface area contributed by atoms with Crippen molar-refractivity contribution in [3.63, 3.8) is 0 Å². The van der Waals surface area contributed by atoms with E-state index < -0.39 is 0 Å². The van der Waals surface area contributed by atoms with E-state index in [1.54, 1.807) is 0 Å². The summed E-state index contributed by atoms with van der Waals surface area (Å²) in [5, 5.41) is 26.0. The molecule has 0 aliphatic heterocycles. The molecule has 0 saturated heterocycles. The van der Waals surface area contributed by atoms with Gasteiger partial charge in [0.2, 0.25) is 0 Å². The molecule has 1 aromatic carbocycles. The fraction of sp³-hybridized carbons (Fsp3) is 0.500. The quantitative estimate of drug-likeness (QED) is 0.594. The SMILES string of the molecule is CC(C)c1cccc(C(C)C)c1.[O-]O.[O-]O. The Bertz CT molecular complexity index is 236. The van der Waals surface area contributed by atoms with Crippen molar-refractivity contribution in [3.8, 4) is 0 Å². The van der Waals surface area contributed by atoms with E-state index in [1.807, 2.05) is 0 Å². The van der Waals surface area contributed by atoms with Gasteiger partial charge in [0.05, 0.1) is 0 Å². The van der Waals surface area contributed by atoms with Crippen molar-refractivity contribution < 1.29 is 21.0 Å². The Kier molecular flexibility index (Phi) is 11.5. The minimum Gasteiger partial charge on any atom is -0.727 e. The van der Waals surface area contributed by atoms with E-state index in [4.69, 9.17) is 21.0 Å². The second kappa shape index (κ2) is 10.6. The van der Waals surface area contributed by atoms with Gasteiger partial charge < -0.3 is 21.0 Å². The minimum absolute atomic E-state index is 0.642. The maximum absolute atomic E-state index is 7.25. The van der Waals surface area contributed by atoms with Crippen LogP contribution >= 0.6 is 0 Å². The molecule has 0 spiro atoms. The predicted molar refractivity (Wildman–Crippen MR) is 59.9 cm³/mol. The molecule has 0 saturated carbocycles. The van der Waals surface area contributed by atoms with E-state index >= 15 is 0 Å². The molecule has 0 atom stereocenters. The third-order valence-corrected chi connectivity index (χ3v) is 2.24. The number of hydrogen-bond donors (Lipinski definition) is 2. The molecule has 0 bridgehead atoms. The Morgan fingerprint density at radius 3 is 1.38 bits per heavy atom. The van der Waals surface area contributed by atoms with Gasteiger partial charge in [0, 0.05) is 0 Å². The average Bonchev–Trinajstić information content (AvgIpc) is 2.34. The van der Waals surface area contributed by atoms with Crippen molar-refractivity contribution in [2.24, 2.45) is 0 Å².